The lowest BCUT2D eigenvalue weighted by Crippen LogP contribution is -2.29. The van der Waals surface area contributed by atoms with Crippen LogP contribution in [-0.4, -0.2) is 41.4 Å². The van der Waals surface area contributed by atoms with Gasteiger partial charge in [0.1, 0.15) is 11.6 Å². The number of rotatable bonds is 10. The molecule has 0 radical (unpaired) electrons. The van der Waals surface area contributed by atoms with Crippen molar-refractivity contribution in [2.24, 2.45) is 0 Å². The number of ether oxygens (including phenoxy) is 3. The smallest absolute Gasteiger partial charge is 0.262 e. The molecule has 180 valence electrons. The first-order valence-corrected chi connectivity index (χ1v) is 12.0. The van der Waals surface area contributed by atoms with E-state index in [1.54, 1.807) is 36.4 Å². The summed E-state index contributed by atoms with van der Waals surface area (Å²) in [5.74, 6) is 0.494. The predicted molar refractivity (Wildman–Crippen MR) is 128 cm³/mol. The summed E-state index contributed by atoms with van der Waals surface area (Å²) in [6.07, 6.45) is 1.05. The molecule has 0 atom stereocenters. The Bertz CT molecular complexity index is 1250. The third kappa shape index (κ3) is 6.38. The van der Waals surface area contributed by atoms with Gasteiger partial charge in [0.15, 0.2) is 18.1 Å². The SMILES string of the molecule is COc1ccc(NC(=O)COc2ccc(N(Cc3ccccc3F)S(C)(=O)=O)cc2)cc1OC. The lowest BCUT2D eigenvalue weighted by atomic mass is 10.2. The van der Waals surface area contributed by atoms with Crippen molar-refractivity contribution in [3.63, 3.8) is 0 Å². The van der Waals surface area contributed by atoms with E-state index in [1.807, 2.05) is 0 Å². The average Bonchev–Trinajstić information content (AvgIpc) is 2.82. The summed E-state index contributed by atoms with van der Waals surface area (Å²) in [6, 6.07) is 17.1. The summed E-state index contributed by atoms with van der Waals surface area (Å²) in [7, 11) is -0.659. The van der Waals surface area contributed by atoms with Crippen molar-refractivity contribution in [3.05, 3.63) is 78.1 Å². The van der Waals surface area contributed by atoms with Crippen LogP contribution in [0.3, 0.4) is 0 Å². The number of nitrogens with one attached hydrogen (secondary N) is 1. The summed E-state index contributed by atoms with van der Waals surface area (Å²) >= 11 is 0. The average molecular weight is 489 g/mol. The highest BCUT2D eigenvalue weighted by Gasteiger charge is 2.19. The third-order valence-electron chi connectivity index (χ3n) is 4.83. The molecule has 0 aliphatic heterocycles. The molecule has 0 saturated carbocycles. The number of anilines is 2. The van der Waals surface area contributed by atoms with Crippen LogP contribution in [0.5, 0.6) is 17.2 Å². The van der Waals surface area contributed by atoms with Crippen LogP contribution in [0.2, 0.25) is 0 Å². The van der Waals surface area contributed by atoms with Gasteiger partial charge in [-0.1, -0.05) is 18.2 Å². The molecule has 8 nitrogen and oxygen atoms in total. The summed E-state index contributed by atoms with van der Waals surface area (Å²) < 4.78 is 55.6. The maximum atomic E-state index is 14.0. The van der Waals surface area contributed by atoms with Crippen molar-refractivity contribution in [1.29, 1.82) is 0 Å². The lowest BCUT2D eigenvalue weighted by molar-refractivity contribution is -0.118. The zero-order valence-electron chi connectivity index (χ0n) is 18.9. The lowest BCUT2D eigenvalue weighted by Gasteiger charge is -2.23. The molecule has 3 aromatic carbocycles. The van der Waals surface area contributed by atoms with Gasteiger partial charge in [-0.25, -0.2) is 12.8 Å². The minimum Gasteiger partial charge on any atom is -0.493 e. The molecule has 0 saturated heterocycles. The largest absolute Gasteiger partial charge is 0.493 e. The molecule has 0 aromatic heterocycles. The summed E-state index contributed by atoms with van der Waals surface area (Å²) in [6.45, 7) is -0.419. The second-order valence-corrected chi connectivity index (χ2v) is 9.17. The van der Waals surface area contributed by atoms with E-state index in [1.165, 1.54) is 44.6 Å². The van der Waals surface area contributed by atoms with E-state index in [9.17, 15) is 17.6 Å². The molecule has 34 heavy (non-hydrogen) atoms. The molecule has 3 aromatic rings. The Morgan fingerprint density at radius 1 is 0.971 bits per heavy atom. The second kappa shape index (κ2) is 10.9. The normalized spacial score (nSPS) is 10.9. The Labute approximate surface area is 197 Å². The Kier molecular flexibility index (Phi) is 7.95. The van der Waals surface area contributed by atoms with Gasteiger partial charge in [0.2, 0.25) is 10.0 Å². The van der Waals surface area contributed by atoms with Gasteiger partial charge in [0.05, 0.1) is 32.7 Å². The fourth-order valence-electron chi connectivity index (χ4n) is 3.15. The highest BCUT2D eigenvalue weighted by molar-refractivity contribution is 7.92. The Morgan fingerprint density at radius 2 is 1.65 bits per heavy atom. The van der Waals surface area contributed by atoms with Crippen molar-refractivity contribution >= 4 is 27.3 Å². The van der Waals surface area contributed by atoms with E-state index < -0.39 is 21.7 Å². The molecule has 1 amide bonds. The molecule has 0 heterocycles. The highest BCUT2D eigenvalue weighted by Crippen LogP contribution is 2.30. The topological polar surface area (TPSA) is 94.2 Å². The fourth-order valence-corrected chi connectivity index (χ4v) is 4.03. The quantitative estimate of drug-likeness (QED) is 0.466. The fraction of sp³-hybridized carbons (Fsp3) is 0.208. The van der Waals surface area contributed by atoms with Crippen LogP contribution in [0.1, 0.15) is 5.56 Å². The standard InChI is InChI=1S/C24H25FN2O6S/c1-31-22-13-8-18(14-23(22)32-2)26-24(28)16-33-20-11-9-19(10-12-20)27(34(3,29)30)15-17-6-4-5-7-21(17)25/h4-14H,15-16H2,1-3H3,(H,26,28). The van der Waals surface area contributed by atoms with Crippen molar-refractivity contribution in [3.8, 4) is 17.2 Å². The Balaban J connectivity index is 1.64. The number of carbonyl (C=O) groups excluding carboxylic acids is 1. The second-order valence-electron chi connectivity index (χ2n) is 7.26. The first-order chi connectivity index (χ1) is 16.2. The number of amides is 1. The maximum Gasteiger partial charge on any atom is 0.262 e. The van der Waals surface area contributed by atoms with E-state index in [0.29, 0.717) is 28.6 Å². The minimum atomic E-state index is -3.67. The van der Waals surface area contributed by atoms with E-state index in [-0.39, 0.29) is 18.7 Å². The summed E-state index contributed by atoms with van der Waals surface area (Å²) in [5.41, 5.74) is 1.10. The van der Waals surface area contributed by atoms with Crippen molar-refractivity contribution in [1.82, 2.24) is 0 Å². The number of hydrogen-bond donors (Lipinski definition) is 1. The number of halogens is 1. The number of benzene rings is 3. The molecule has 0 aliphatic carbocycles. The van der Waals surface area contributed by atoms with E-state index >= 15 is 0 Å². The first-order valence-electron chi connectivity index (χ1n) is 10.2. The van der Waals surface area contributed by atoms with Crippen LogP contribution in [0.15, 0.2) is 66.7 Å². The molecule has 10 heteroatoms. The molecular formula is C24H25FN2O6S. The molecule has 0 spiro atoms. The Hall–Kier alpha value is -3.79. The minimum absolute atomic E-state index is 0.153. The summed E-state index contributed by atoms with van der Waals surface area (Å²) in [4.78, 5) is 12.3. The van der Waals surface area contributed by atoms with Gasteiger partial charge in [-0.05, 0) is 42.5 Å². The monoisotopic (exact) mass is 488 g/mol. The van der Waals surface area contributed by atoms with Crippen LogP contribution in [0, 0.1) is 5.82 Å². The van der Waals surface area contributed by atoms with E-state index in [4.69, 9.17) is 14.2 Å². The van der Waals surface area contributed by atoms with Crippen LogP contribution in [-0.2, 0) is 21.4 Å². The van der Waals surface area contributed by atoms with Crippen molar-refractivity contribution in [2.45, 2.75) is 6.54 Å². The van der Waals surface area contributed by atoms with Gasteiger partial charge in [0.25, 0.3) is 5.91 Å². The van der Waals surface area contributed by atoms with Gasteiger partial charge in [0, 0.05) is 17.3 Å². The molecule has 3 rings (SSSR count). The molecular weight excluding hydrogens is 463 g/mol. The van der Waals surface area contributed by atoms with Crippen LogP contribution in [0.4, 0.5) is 15.8 Å². The number of methoxy groups -OCH3 is 2. The third-order valence-corrected chi connectivity index (χ3v) is 5.97. The van der Waals surface area contributed by atoms with Crippen molar-refractivity contribution < 1.29 is 31.8 Å². The van der Waals surface area contributed by atoms with Gasteiger partial charge in [-0.3, -0.25) is 9.10 Å². The van der Waals surface area contributed by atoms with Gasteiger partial charge < -0.3 is 19.5 Å². The van der Waals surface area contributed by atoms with Gasteiger partial charge in [-0.2, -0.15) is 0 Å². The maximum absolute atomic E-state index is 14.0. The number of nitrogens with zero attached hydrogens (tertiary/aromatic N) is 1. The first kappa shape index (κ1) is 24.8. The predicted octanol–water partition coefficient (Wildman–Crippen LogP) is 3.83. The number of carbonyl (C=O) groups is 1. The number of sulfonamides is 1. The van der Waals surface area contributed by atoms with Crippen molar-refractivity contribution in [2.75, 3.05) is 36.7 Å². The number of hydrogen-bond acceptors (Lipinski definition) is 6. The zero-order chi connectivity index (χ0) is 24.7. The Morgan fingerprint density at radius 3 is 2.26 bits per heavy atom. The van der Waals surface area contributed by atoms with Crippen LogP contribution >= 0.6 is 0 Å². The molecule has 0 bridgehead atoms. The van der Waals surface area contributed by atoms with Crippen LogP contribution in [0.25, 0.3) is 0 Å². The van der Waals surface area contributed by atoms with E-state index in [2.05, 4.69) is 5.32 Å². The molecule has 0 fully saturated rings. The van der Waals surface area contributed by atoms with Gasteiger partial charge >= 0.3 is 0 Å². The zero-order valence-corrected chi connectivity index (χ0v) is 19.8. The van der Waals surface area contributed by atoms with Crippen LogP contribution < -0.4 is 23.8 Å². The molecule has 0 aliphatic rings. The summed E-state index contributed by atoms with van der Waals surface area (Å²) in [5, 5.41) is 2.70. The highest BCUT2D eigenvalue weighted by atomic mass is 32.2. The molecule has 1 N–H and O–H groups in total. The molecule has 0 unspecified atom stereocenters. The van der Waals surface area contributed by atoms with Gasteiger partial charge in [-0.15, -0.1) is 0 Å². The van der Waals surface area contributed by atoms with E-state index in [0.717, 1.165) is 10.6 Å².